The van der Waals surface area contributed by atoms with E-state index in [2.05, 4.69) is 10.5 Å². The standard InChI is InChI=1S/C13H16Cl2N4S/c1-2-19-13(10(15)7-17-19)11(18-16)8-20-12-6-4-3-5-9(12)14/h3-7,11,18H,2,8,16H2,1H3. The summed E-state index contributed by atoms with van der Waals surface area (Å²) in [5.41, 5.74) is 3.70. The molecule has 7 heteroatoms. The maximum atomic E-state index is 6.20. The summed E-state index contributed by atoms with van der Waals surface area (Å²) >= 11 is 14.0. The Kier molecular flexibility index (Phi) is 5.74. The molecule has 108 valence electrons. The predicted octanol–water partition coefficient (Wildman–Crippen LogP) is 3.51. The summed E-state index contributed by atoms with van der Waals surface area (Å²) in [4.78, 5) is 1.02. The van der Waals surface area contributed by atoms with Crippen molar-refractivity contribution in [3.8, 4) is 0 Å². The van der Waals surface area contributed by atoms with Crippen LogP contribution in [0.5, 0.6) is 0 Å². The van der Waals surface area contributed by atoms with Gasteiger partial charge in [-0.25, -0.2) is 0 Å². The van der Waals surface area contributed by atoms with E-state index in [1.807, 2.05) is 35.9 Å². The molecule has 0 radical (unpaired) electrons. The highest BCUT2D eigenvalue weighted by Gasteiger charge is 2.19. The van der Waals surface area contributed by atoms with E-state index in [0.717, 1.165) is 22.2 Å². The Morgan fingerprint density at radius 1 is 1.35 bits per heavy atom. The zero-order valence-corrected chi connectivity index (χ0v) is 13.3. The summed E-state index contributed by atoms with van der Waals surface area (Å²) in [6.45, 7) is 2.76. The molecule has 0 aliphatic heterocycles. The van der Waals surface area contributed by atoms with Crippen molar-refractivity contribution >= 4 is 35.0 Å². The predicted molar refractivity (Wildman–Crippen MR) is 85.2 cm³/mol. The van der Waals surface area contributed by atoms with Gasteiger partial charge in [0.25, 0.3) is 0 Å². The SMILES string of the molecule is CCn1ncc(Cl)c1C(CSc1ccccc1Cl)NN. The van der Waals surface area contributed by atoms with Crippen LogP contribution in [0.3, 0.4) is 0 Å². The number of aryl methyl sites for hydroxylation is 1. The summed E-state index contributed by atoms with van der Waals surface area (Å²) in [6, 6.07) is 7.64. The van der Waals surface area contributed by atoms with Crippen LogP contribution in [0.2, 0.25) is 10.0 Å². The average Bonchev–Trinajstić information content (AvgIpc) is 2.83. The minimum Gasteiger partial charge on any atom is -0.271 e. The normalized spacial score (nSPS) is 12.6. The zero-order chi connectivity index (χ0) is 14.5. The van der Waals surface area contributed by atoms with Gasteiger partial charge < -0.3 is 0 Å². The Hall–Kier alpha value is -0.720. The molecule has 0 amide bonds. The molecular formula is C13H16Cl2N4S. The zero-order valence-electron chi connectivity index (χ0n) is 11.0. The number of thioether (sulfide) groups is 1. The minimum absolute atomic E-state index is 0.0915. The average molecular weight is 331 g/mol. The molecule has 0 saturated heterocycles. The Labute approximate surface area is 132 Å². The largest absolute Gasteiger partial charge is 0.271 e. The molecule has 0 aliphatic carbocycles. The highest BCUT2D eigenvalue weighted by molar-refractivity contribution is 7.99. The lowest BCUT2D eigenvalue weighted by Gasteiger charge is -2.17. The van der Waals surface area contributed by atoms with Crippen LogP contribution < -0.4 is 11.3 Å². The van der Waals surface area contributed by atoms with Gasteiger partial charge in [-0.1, -0.05) is 35.3 Å². The number of halogens is 2. The highest BCUT2D eigenvalue weighted by atomic mass is 35.5. The molecule has 20 heavy (non-hydrogen) atoms. The lowest BCUT2D eigenvalue weighted by atomic mass is 10.2. The first kappa shape index (κ1) is 15.7. The number of nitrogens with zero attached hydrogens (tertiary/aromatic N) is 2. The summed E-state index contributed by atoms with van der Waals surface area (Å²) in [6.07, 6.45) is 1.64. The van der Waals surface area contributed by atoms with E-state index in [9.17, 15) is 0 Å². The summed E-state index contributed by atoms with van der Waals surface area (Å²) < 4.78 is 1.85. The van der Waals surface area contributed by atoms with Gasteiger partial charge in [-0.15, -0.1) is 11.8 Å². The minimum atomic E-state index is -0.0915. The van der Waals surface area contributed by atoms with Gasteiger partial charge in [0.05, 0.1) is 28.0 Å². The van der Waals surface area contributed by atoms with E-state index in [0.29, 0.717) is 10.8 Å². The molecule has 0 spiro atoms. The molecule has 3 N–H and O–H groups in total. The van der Waals surface area contributed by atoms with Gasteiger partial charge in [0.15, 0.2) is 0 Å². The van der Waals surface area contributed by atoms with E-state index in [1.54, 1.807) is 18.0 Å². The van der Waals surface area contributed by atoms with Crippen LogP contribution in [0.1, 0.15) is 18.7 Å². The number of hydrogen-bond acceptors (Lipinski definition) is 4. The quantitative estimate of drug-likeness (QED) is 0.483. The molecule has 2 rings (SSSR count). The second kappa shape index (κ2) is 7.33. The lowest BCUT2D eigenvalue weighted by Crippen LogP contribution is -2.31. The number of rotatable bonds is 6. The maximum Gasteiger partial charge on any atom is 0.0834 e. The first-order chi connectivity index (χ1) is 9.67. The molecule has 2 aromatic rings. The monoisotopic (exact) mass is 330 g/mol. The van der Waals surface area contributed by atoms with Crippen molar-refractivity contribution < 1.29 is 0 Å². The third-order valence-electron chi connectivity index (χ3n) is 2.91. The van der Waals surface area contributed by atoms with Crippen LogP contribution in [-0.2, 0) is 6.54 Å². The Bertz CT molecular complexity index is 573. The topological polar surface area (TPSA) is 55.9 Å². The highest BCUT2D eigenvalue weighted by Crippen LogP contribution is 2.31. The second-order valence-electron chi connectivity index (χ2n) is 4.15. The fourth-order valence-corrected chi connectivity index (χ4v) is 3.46. The van der Waals surface area contributed by atoms with Gasteiger partial charge in [-0.05, 0) is 19.1 Å². The number of hydrazine groups is 1. The van der Waals surface area contributed by atoms with Gasteiger partial charge in [-0.3, -0.25) is 16.0 Å². The van der Waals surface area contributed by atoms with Crippen molar-refractivity contribution in [3.63, 3.8) is 0 Å². The summed E-state index contributed by atoms with van der Waals surface area (Å²) in [7, 11) is 0. The molecule has 0 bridgehead atoms. The first-order valence-electron chi connectivity index (χ1n) is 6.22. The van der Waals surface area contributed by atoms with Crippen molar-refractivity contribution in [3.05, 3.63) is 46.2 Å². The number of benzene rings is 1. The van der Waals surface area contributed by atoms with Gasteiger partial charge in [0.2, 0.25) is 0 Å². The van der Waals surface area contributed by atoms with Crippen LogP contribution >= 0.6 is 35.0 Å². The molecule has 1 atom stereocenters. The van der Waals surface area contributed by atoms with Crippen molar-refractivity contribution in [1.82, 2.24) is 15.2 Å². The van der Waals surface area contributed by atoms with Crippen molar-refractivity contribution in [2.75, 3.05) is 5.75 Å². The maximum absolute atomic E-state index is 6.20. The summed E-state index contributed by atoms with van der Waals surface area (Å²) in [5.74, 6) is 6.38. The molecule has 0 aliphatic rings. The van der Waals surface area contributed by atoms with Crippen LogP contribution in [-0.4, -0.2) is 15.5 Å². The molecule has 1 aromatic carbocycles. The van der Waals surface area contributed by atoms with Gasteiger partial charge in [0.1, 0.15) is 0 Å². The van der Waals surface area contributed by atoms with Crippen LogP contribution in [0.15, 0.2) is 35.4 Å². The number of nitrogens with two attached hydrogens (primary N) is 1. The third kappa shape index (κ3) is 3.48. The smallest absolute Gasteiger partial charge is 0.0834 e. The molecule has 1 aromatic heterocycles. The number of nitrogens with one attached hydrogen (secondary N) is 1. The second-order valence-corrected chi connectivity index (χ2v) is 6.03. The third-order valence-corrected chi connectivity index (χ3v) is 4.81. The van der Waals surface area contributed by atoms with E-state index < -0.39 is 0 Å². The van der Waals surface area contributed by atoms with Gasteiger partial charge in [-0.2, -0.15) is 5.10 Å². The lowest BCUT2D eigenvalue weighted by molar-refractivity contribution is 0.528. The van der Waals surface area contributed by atoms with Crippen LogP contribution in [0.25, 0.3) is 0 Å². The van der Waals surface area contributed by atoms with Gasteiger partial charge in [0, 0.05) is 17.2 Å². The van der Waals surface area contributed by atoms with Crippen LogP contribution in [0.4, 0.5) is 0 Å². The van der Waals surface area contributed by atoms with E-state index >= 15 is 0 Å². The van der Waals surface area contributed by atoms with Crippen molar-refractivity contribution in [2.24, 2.45) is 5.84 Å². The fraction of sp³-hybridized carbons (Fsp3) is 0.308. The van der Waals surface area contributed by atoms with E-state index in [4.69, 9.17) is 29.0 Å². The molecule has 0 fully saturated rings. The fourth-order valence-electron chi connectivity index (χ4n) is 1.91. The first-order valence-corrected chi connectivity index (χ1v) is 7.96. The molecule has 4 nitrogen and oxygen atoms in total. The van der Waals surface area contributed by atoms with E-state index in [1.165, 1.54) is 0 Å². The molecular weight excluding hydrogens is 315 g/mol. The van der Waals surface area contributed by atoms with Gasteiger partial charge >= 0.3 is 0 Å². The molecule has 1 heterocycles. The van der Waals surface area contributed by atoms with Crippen molar-refractivity contribution in [1.29, 1.82) is 0 Å². The van der Waals surface area contributed by atoms with Crippen molar-refractivity contribution in [2.45, 2.75) is 24.4 Å². The molecule has 0 saturated carbocycles. The Balaban J connectivity index is 2.13. The summed E-state index contributed by atoms with van der Waals surface area (Å²) in [5, 5.41) is 5.59. The molecule has 1 unspecified atom stereocenters. The van der Waals surface area contributed by atoms with E-state index in [-0.39, 0.29) is 6.04 Å². The number of hydrogen-bond donors (Lipinski definition) is 2. The van der Waals surface area contributed by atoms with Crippen LogP contribution in [0, 0.1) is 0 Å². The Morgan fingerprint density at radius 3 is 2.75 bits per heavy atom. The Morgan fingerprint density at radius 2 is 2.10 bits per heavy atom. The number of aromatic nitrogens is 2.